The molecule has 11 heteroatoms. The average molecular weight is 444 g/mol. The monoisotopic (exact) mass is 444 g/mol. The number of amidine groups is 1. The molecule has 0 aliphatic carbocycles. The van der Waals surface area contributed by atoms with Crippen molar-refractivity contribution in [1.82, 2.24) is 14.5 Å². The van der Waals surface area contributed by atoms with Crippen LogP contribution in [0.3, 0.4) is 0 Å². The number of amides is 1. The standard InChI is InChI=1S/C22H20N8O3/c31-18-11-29(9-14-4-3-6-16(8-14)27-32)22-20(26-18)19-21(23-12-24-22)30(13-25-19)10-15-5-1-2-7-17(15)28-33/h1-8,12-13,27-28,32-33H,9-11H2. The largest absolute Gasteiger partial charge is 0.341 e. The van der Waals surface area contributed by atoms with Crippen LogP contribution in [-0.4, -0.2) is 55.2 Å². The van der Waals surface area contributed by atoms with Crippen molar-refractivity contribution < 1.29 is 15.2 Å². The summed E-state index contributed by atoms with van der Waals surface area (Å²) in [6.45, 7) is 0.849. The lowest BCUT2D eigenvalue weighted by Gasteiger charge is -2.28. The number of rotatable bonds is 6. The molecule has 1 amide bonds. The number of carbonyl (C=O) groups excluding carboxylic acids is 1. The number of hydrogen-bond acceptors (Lipinski definition) is 9. The van der Waals surface area contributed by atoms with Crippen LogP contribution < -0.4 is 11.0 Å². The summed E-state index contributed by atoms with van der Waals surface area (Å²) < 4.78 is 1.81. The fraction of sp³-hybridized carbons (Fsp3) is 0.136. The zero-order valence-electron chi connectivity index (χ0n) is 17.4. The molecule has 0 saturated heterocycles. The molecular weight excluding hydrogens is 424 g/mol. The van der Waals surface area contributed by atoms with Crippen molar-refractivity contribution in [2.75, 3.05) is 17.5 Å². The van der Waals surface area contributed by atoms with E-state index in [1.54, 1.807) is 24.5 Å². The predicted octanol–water partition coefficient (Wildman–Crippen LogP) is 2.44. The third-order valence-corrected chi connectivity index (χ3v) is 5.38. The van der Waals surface area contributed by atoms with Gasteiger partial charge < -0.3 is 9.47 Å². The maximum Gasteiger partial charge on any atom is 0.265 e. The molecule has 0 unspecified atom stereocenters. The van der Waals surface area contributed by atoms with Crippen LogP contribution in [0.5, 0.6) is 0 Å². The molecule has 3 heterocycles. The first-order valence-corrected chi connectivity index (χ1v) is 10.2. The Kier molecular flexibility index (Phi) is 5.39. The Bertz CT molecular complexity index is 1310. The van der Waals surface area contributed by atoms with Crippen LogP contribution in [-0.2, 0) is 17.9 Å². The Balaban J connectivity index is 1.47. The Labute approximate surface area is 188 Å². The van der Waals surface area contributed by atoms with E-state index in [-0.39, 0.29) is 12.5 Å². The topological polar surface area (TPSA) is 140 Å². The summed E-state index contributed by atoms with van der Waals surface area (Å²) >= 11 is 0. The van der Waals surface area contributed by atoms with E-state index in [4.69, 9.17) is 0 Å². The minimum absolute atomic E-state index is 0.0680. The smallest absolute Gasteiger partial charge is 0.265 e. The average Bonchev–Trinajstić information content (AvgIpc) is 3.13. The van der Waals surface area contributed by atoms with Gasteiger partial charge in [0, 0.05) is 6.54 Å². The molecule has 3 aromatic rings. The number of nitrogens with zero attached hydrogens (tertiary/aromatic N) is 6. The summed E-state index contributed by atoms with van der Waals surface area (Å²) in [7, 11) is 0. The van der Waals surface area contributed by atoms with E-state index in [0.29, 0.717) is 47.5 Å². The highest BCUT2D eigenvalue weighted by Gasteiger charge is 2.32. The molecule has 11 nitrogen and oxygen atoms in total. The summed E-state index contributed by atoms with van der Waals surface area (Å²) in [5, 5.41) is 18.6. The Morgan fingerprint density at radius 1 is 1.03 bits per heavy atom. The molecule has 2 aromatic carbocycles. The zero-order valence-corrected chi connectivity index (χ0v) is 17.4. The van der Waals surface area contributed by atoms with E-state index in [1.807, 2.05) is 39.8 Å². The Hall–Kier alpha value is -4.35. The van der Waals surface area contributed by atoms with E-state index in [0.717, 1.165) is 11.1 Å². The van der Waals surface area contributed by atoms with Crippen LogP contribution in [0.15, 0.2) is 69.8 Å². The van der Waals surface area contributed by atoms with Crippen LogP contribution in [0.25, 0.3) is 0 Å². The Morgan fingerprint density at radius 3 is 2.76 bits per heavy atom. The van der Waals surface area contributed by atoms with Crippen LogP contribution in [0.4, 0.5) is 17.2 Å². The molecule has 5 rings (SSSR count). The number of para-hydroxylation sites is 1. The van der Waals surface area contributed by atoms with Gasteiger partial charge in [0.25, 0.3) is 5.91 Å². The summed E-state index contributed by atoms with van der Waals surface area (Å²) in [5.74, 6) is 0.709. The summed E-state index contributed by atoms with van der Waals surface area (Å²) in [6, 6.07) is 14.6. The van der Waals surface area contributed by atoms with E-state index < -0.39 is 0 Å². The van der Waals surface area contributed by atoms with Gasteiger partial charge in [0.2, 0.25) is 0 Å². The van der Waals surface area contributed by atoms with Gasteiger partial charge in [0.05, 0.1) is 24.2 Å². The van der Waals surface area contributed by atoms with Crippen molar-refractivity contribution in [1.29, 1.82) is 0 Å². The number of aliphatic imine (C=N–C) groups is 3. The van der Waals surface area contributed by atoms with E-state index in [1.165, 1.54) is 6.34 Å². The molecular formula is C22H20N8O3. The molecule has 0 fully saturated rings. The quantitative estimate of drug-likeness (QED) is 0.428. The van der Waals surface area contributed by atoms with Crippen molar-refractivity contribution in [2.45, 2.75) is 13.1 Å². The highest BCUT2D eigenvalue weighted by molar-refractivity contribution is 6.51. The Morgan fingerprint density at radius 2 is 1.91 bits per heavy atom. The van der Waals surface area contributed by atoms with Crippen LogP contribution in [0.1, 0.15) is 16.8 Å². The number of benzene rings is 2. The van der Waals surface area contributed by atoms with E-state index in [2.05, 4.69) is 30.9 Å². The summed E-state index contributed by atoms with van der Waals surface area (Å²) in [4.78, 5) is 32.0. The maximum absolute atomic E-state index is 12.5. The molecule has 4 N–H and O–H groups in total. The zero-order chi connectivity index (χ0) is 22.8. The number of carbonyl (C=O) groups is 1. The highest BCUT2D eigenvalue weighted by Crippen LogP contribution is 2.27. The van der Waals surface area contributed by atoms with Crippen LogP contribution in [0, 0.1) is 0 Å². The highest BCUT2D eigenvalue weighted by atomic mass is 16.5. The predicted molar refractivity (Wildman–Crippen MR) is 123 cm³/mol. The SMILES string of the molecule is O=C1CN(Cc2cccc(NO)c2)C2=NC=Nc3c(ncn3Cc3ccccc3NO)C2=N1. The van der Waals surface area contributed by atoms with Crippen LogP contribution >= 0.6 is 0 Å². The second-order valence-corrected chi connectivity index (χ2v) is 7.53. The fourth-order valence-corrected chi connectivity index (χ4v) is 3.87. The second-order valence-electron chi connectivity index (χ2n) is 7.53. The third kappa shape index (κ3) is 3.97. The first kappa shape index (κ1) is 20.5. The maximum atomic E-state index is 12.5. The van der Waals surface area contributed by atoms with E-state index in [9.17, 15) is 15.2 Å². The van der Waals surface area contributed by atoms with Gasteiger partial charge in [0.1, 0.15) is 24.3 Å². The number of nitrogens with one attached hydrogen (secondary N) is 2. The lowest BCUT2D eigenvalue weighted by molar-refractivity contribution is -0.118. The molecule has 2 aliphatic heterocycles. The van der Waals surface area contributed by atoms with E-state index >= 15 is 0 Å². The lowest BCUT2D eigenvalue weighted by atomic mass is 10.1. The van der Waals surface area contributed by atoms with Gasteiger partial charge >= 0.3 is 0 Å². The van der Waals surface area contributed by atoms with Crippen LogP contribution in [0.2, 0.25) is 0 Å². The van der Waals surface area contributed by atoms with Crippen molar-refractivity contribution >= 4 is 41.0 Å². The van der Waals surface area contributed by atoms with Gasteiger partial charge in [-0.1, -0.05) is 30.3 Å². The fourth-order valence-electron chi connectivity index (χ4n) is 3.87. The normalized spacial score (nSPS) is 14.7. The number of imidazole rings is 1. The molecule has 0 radical (unpaired) electrons. The van der Waals surface area contributed by atoms with Gasteiger partial charge in [-0.25, -0.2) is 20.0 Å². The van der Waals surface area contributed by atoms with Crippen molar-refractivity contribution in [3.63, 3.8) is 0 Å². The van der Waals surface area contributed by atoms with Crippen molar-refractivity contribution in [3.05, 3.63) is 71.7 Å². The molecule has 166 valence electrons. The molecule has 0 saturated carbocycles. The molecule has 0 atom stereocenters. The minimum Gasteiger partial charge on any atom is -0.341 e. The summed E-state index contributed by atoms with van der Waals surface area (Å²) in [5.41, 5.74) is 7.99. The molecule has 0 bridgehead atoms. The number of aromatic nitrogens is 2. The molecule has 0 spiro atoms. The lowest BCUT2D eigenvalue weighted by Crippen LogP contribution is -2.44. The van der Waals surface area contributed by atoms with Crippen molar-refractivity contribution in [3.8, 4) is 0 Å². The first-order valence-electron chi connectivity index (χ1n) is 10.2. The van der Waals surface area contributed by atoms with Gasteiger partial charge in [0.15, 0.2) is 11.7 Å². The second kappa shape index (κ2) is 8.65. The minimum atomic E-state index is -0.308. The first-order chi connectivity index (χ1) is 16.2. The molecule has 33 heavy (non-hydrogen) atoms. The van der Waals surface area contributed by atoms with Gasteiger partial charge in [-0.3, -0.25) is 26.2 Å². The number of anilines is 2. The number of fused-ring (bicyclic) bond motifs is 3. The molecule has 1 aromatic heterocycles. The summed E-state index contributed by atoms with van der Waals surface area (Å²) in [6.07, 6.45) is 3.06. The van der Waals surface area contributed by atoms with Gasteiger partial charge in [-0.15, -0.1) is 0 Å². The third-order valence-electron chi connectivity index (χ3n) is 5.38. The molecule has 2 aliphatic rings. The van der Waals surface area contributed by atoms with Gasteiger partial charge in [-0.05, 0) is 29.3 Å². The van der Waals surface area contributed by atoms with Crippen molar-refractivity contribution in [2.24, 2.45) is 15.0 Å². The number of hydrogen-bond donors (Lipinski definition) is 4. The van der Waals surface area contributed by atoms with Gasteiger partial charge in [-0.2, -0.15) is 0 Å².